The number of rotatable bonds is 4. The molecule has 3 aliphatic rings. The number of terminal acetylenes is 1. The van der Waals surface area contributed by atoms with Crippen LogP contribution in [0.2, 0.25) is 0 Å². The van der Waals surface area contributed by atoms with Gasteiger partial charge in [0.15, 0.2) is 0 Å². The Morgan fingerprint density at radius 3 is 2.66 bits per heavy atom. The highest BCUT2D eigenvalue weighted by molar-refractivity contribution is 7.19. The van der Waals surface area contributed by atoms with Crippen molar-refractivity contribution in [2.75, 3.05) is 19.6 Å². The van der Waals surface area contributed by atoms with Crippen LogP contribution in [0.15, 0.2) is 24.4 Å². The number of nitrogens with one attached hydrogen (secondary N) is 1. The molecule has 1 saturated carbocycles. The van der Waals surface area contributed by atoms with Gasteiger partial charge in [0.25, 0.3) is 5.91 Å². The summed E-state index contributed by atoms with van der Waals surface area (Å²) in [6.07, 6.45) is 7.44. The lowest BCUT2D eigenvalue weighted by Crippen LogP contribution is -2.52. The van der Waals surface area contributed by atoms with Crippen molar-refractivity contribution in [3.63, 3.8) is 0 Å². The van der Waals surface area contributed by atoms with Crippen molar-refractivity contribution < 1.29 is 14.4 Å². The summed E-state index contributed by atoms with van der Waals surface area (Å²) in [4.78, 5) is 52.9. The van der Waals surface area contributed by atoms with Gasteiger partial charge >= 0.3 is 0 Å². The molecule has 5 heterocycles. The normalized spacial score (nSPS) is 24.0. The van der Waals surface area contributed by atoms with E-state index >= 15 is 0 Å². The van der Waals surface area contributed by atoms with Crippen molar-refractivity contribution in [2.45, 2.75) is 40.3 Å². The van der Waals surface area contributed by atoms with Crippen LogP contribution in [0.1, 0.15) is 47.4 Å². The maximum absolute atomic E-state index is 13.9. The van der Waals surface area contributed by atoms with Crippen LogP contribution in [-0.2, 0) is 16.1 Å². The topological polar surface area (TPSA) is 95.5 Å². The molecule has 0 spiro atoms. The molecule has 3 atom stereocenters. The Morgan fingerprint density at radius 1 is 1.24 bits per heavy atom. The highest BCUT2D eigenvalue weighted by atomic mass is 32.1. The second-order valence-electron chi connectivity index (χ2n) is 11.0. The molecule has 3 aromatic rings. The molecule has 2 unspecified atom stereocenters. The monoisotopic (exact) mass is 527 g/mol. The first-order chi connectivity index (χ1) is 18.1. The average molecular weight is 528 g/mol. The molecule has 194 valence electrons. The number of aromatic nitrogens is 2. The van der Waals surface area contributed by atoms with Gasteiger partial charge in [-0.3, -0.25) is 24.3 Å². The summed E-state index contributed by atoms with van der Waals surface area (Å²) in [5, 5.41) is 3.33. The van der Waals surface area contributed by atoms with Crippen LogP contribution < -0.4 is 5.32 Å². The average Bonchev–Trinajstić information content (AvgIpc) is 3.13. The number of fused-ring (bicyclic) bond motifs is 2. The van der Waals surface area contributed by atoms with Crippen LogP contribution in [0.5, 0.6) is 0 Å². The Morgan fingerprint density at radius 2 is 1.97 bits per heavy atom. The molecule has 9 heteroatoms. The van der Waals surface area contributed by atoms with Crippen molar-refractivity contribution in [1.29, 1.82) is 0 Å². The minimum atomic E-state index is -0.238. The Labute approximate surface area is 225 Å². The van der Waals surface area contributed by atoms with Crippen LogP contribution in [0.4, 0.5) is 0 Å². The summed E-state index contributed by atoms with van der Waals surface area (Å²) in [5.74, 6) is 1.96. The zero-order valence-corrected chi connectivity index (χ0v) is 22.7. The van der Waals surface area contributed by atoms with E-state index in [1.165, 1.54) is 16.2 Å². The van der Waals surface area contributed by atoms with Crippen molar-refractivity contribution >= 4 is 39.3 Å². The number of nitrogens with zero attached hydrogens (tertiary/aromatic N) is 4. The van der Waals surface area contributed by atoms with Gasteiger partial charge in [0.2, 0.25) is 11.8 Å². The number of amides is 3. The van der Waals surface area contributed by atoms with Crippen molar-refractivity contribution in [3.8, 4) is 23.5 Å². The first-order valence-electron chi connectivity index (χ1n) is 12.9. The molecule has 1 aliphatic carbocycles. The van der Waals surface area contributed by atoms with E-state index in [0.29, 0.717) is 23.5 Å². The Balaban J connectivity index is 1.41. The number of carbonyl (C=O) groups is 3. The van der Waals surface area contributed by atoms with Crippen LogP contribution in [0.25, 0.3) is 21.3 Å². The van der Waals surface area contributed by atoms with E-state index in [0.717, 1.165) is 39.3 Å². The first kappa shape index (κ1) is 24.7. The summed E-state index contributed by atoms with van der Waals surface area (Å²) in [6, 6.07) is 5.66. The number of piperazine rings is 1. The predicted octanol–water partition coefficient (Wildman–Crippen LogP) is 3.22. The fourth-order valence-electron chi connectivity index (χ4n) is 6.11. The van der Waals surface area contributed by atoms with Gasteiger partial charge in [-0.1, -0.05) is 19.8 Å². The van der Waals surface area contributed by atoms with Gasteiger partial charge in [0.1, 0.15) is 5.69 Å². The number of carbonyl (C=O) groups excluding carboxylic acids is 3. The molecule has 6 rings (SSSR count). The highest BCUT2D eigenvalue weighted by Gasteiger charge is 2.72. The first-order valence-corrected chi connectivity index (χ1v) is 13.7. The van der Waals surface area contributed by atoms with Gasteiger partial charge in [-0.25, -0.2) is 4.98 Å². The molecule has 0 aromatic carbocycles. The van der Waals surface area contributed by atoms with Crippen LogP contribution in [0, 0.1) is 36.5 Å². The zero-order valence-electron chi connectivity index (χ0n) is 21.9. The minimum absolute atomic E-state index is 0.0494. The van der Waals surface area contributed by atoms with E-state index in [1.54, 1.807) is 12.3 Å². The number of likely N-dealkylation sites (tertiary alicyclic amines) is 1. The lowest BCUT2D eigenvalue weighted by atomic mass is 9.96. The molecule has 38 heavy (non-hydrogen) atoms. The van der Waals surface area contributed by atoms with Gasteiger partial charge in [-0.05, 0) is 37.5 Å². The van der Waals surface area contributed by atoms with Gasteiger partial charge < -0.3 is 10.2 Å². The molecule has 8 nitrogen and oxygen atoms in total. The molecule has 3 aromatic heterocycles. The molecule has 0 radical (unpaired) electrons. The largest absolute Gasteiger partial charge is 0.333 e. The van der Waals surface area contributed by atoms with Crippen molar-refractivity contribution in [1.82, 2.24) is 25.1 Å². The van der Waals surface area contributed by atoms with Crippen molar-refractivity contribution in [2.24, 2.45) is 17.3 Å². The third-order valence-electron chi connectivity index (χ3n) is 8.28. The SMILES string of the molecule is C#Cc1cc(-c2ccnc3cc(CN4C(=O)C5C(C4=O)C5(C)C)sc23)c(C(=O)N2CCNC[C@@H]2C)c(C)n1. The fourth-order valence-corrected chi connectivity index (χ4v) is 7.24. The zero-order chi connectivity index (χ0) is 26.9. The number of thiophene rings is 1. The van der Waals surface area contributed by atoms with E-state index in [4.69, 9.17) is 6.42 Å². The quantitative estimate of drug-likeness (QED) is 0.414. The molecule has 3 amide bonds. The third-order valence-corrected chi connectivity index (χ3v) is 9.43. The molecule has 1 N–H and O–H groups in total. The standard InChI is InChI=1S/C29H29N5O3S/c1-6-17-11-20(22(16(3)32-17)26(35)33-10-9-30-13-15(33)2)19-7-8-31-21-12-18(38-25(19)21)14-34-27(36)23-24(28(34)37)29(23,4)5/h1,7-8,11-12,15,23-24,30H,9-10,13-14H2,2-5H3/t15-,23?,24?/m0/s1. The second-order valence-corrected chi connectivity index (χ2v) is 12.2. The van der Waals surface area contributed by atoms with E-state index < -0.39 is 0 Å². The van der Waals surface area contributed by atoms with Gasteiger partial charge in [0, 0.05) is 47.9 Å². The molecule has 2 saturated heterocycles. The smallest absolute Gasteiger partial charge is 0.256 e. The lowest BCUT2D eigenvalue weighted by Gasteiger charge is -2.34. The molecule has 3 fully saturated rings. The van der Waals surface area contributed by atoms with E-state index in [9.17, 15) is 14.4 Å². The predicted molar refractivity (Wildman–Crippen MR) is 145 cm³/mol. The van der Waals surface area contributed by atoms with Crippen LogP contribution in [-0.4, -0.2) is 63.2 Å². The summed E-state index contributed by atoms with van der Waals surface area (Å²) < 4.78 is 0.878. The summed E-state index contributed by atoms with van der Waals surface area (Å²) in [5.41, 5.74) is 3.64. The van der Waals surface area contributed by atoms with E-state index in [-0.39, 0.29) is 47.6 Å². The molecule has 2 aliphatic heterocycles. The highest BCUT2D eigenvalue weighted by Crippen LogP contribution is 2.63. The van der Waals surface area contributed by atoms with Crippen LogP contribution in [0.3, 0.4) is 0 Å². The summed E-state index contributed by atoms with van der Waals surface area (Å²) >= 11 is 1.49. The third kappa shape index (κ3) is 3.66. The number of pyridine rings is 2. The molecule has 0 bridgehead atoms. The maximum atomic E-state index is 13.9. The van der Waals surface area contributed by atoms with Gasteiger partial charge in [-0.2, -0.15) is 0 Å². The van der Waals surface area contributed by atoms with Gasteiger partial charge in [-0.15, -0.1) is 17.8 Å². The fraction of sp³-hybridized carbons (Fsp3) is 0.414. The van der Waals surface area contributed by atoms with E-state index in [1.807, 2.05) is 44.7 Å². The number of piperidine rings is 1. The summed E-state index contributed by atoms with van der Waals surface area (Å²) in [6.45, 7) is 10.1. The molecular formula is C29H29N5O3S. The maximum Gasteiger partial charge on any atom is 0.256 e. The number of hydrogen-bond donors (Lipinski definition) is 1. The summed E-state index contributed by atoms with van der Waals surface area (Å²) in [7, 11) is 0. The van der Waals surface area contributed by atoms with Gasteiger partial charge in [0.05, 0.1) is 39.9 Å². The Bertz CT molecular complexity index is 1540. The Kier molecular flexibility index (Phi) is 5.67. The number of aryl methyl sites for hydroxylation is 1. The van der Waals surface area contributed by atoms with Crippen LogP contribution >= 0.6 is 11.3 Å². The lowest BCUT2D eigenvalue weighted by molar-refractivity contribution is -0.143. The number of hydrogen-bond acceptors (Lipinski definition) is 7. The molecular weight excluding hydrogens is 498 g/mol. The second kappa shape index (κ2) is 8.72. The van der Waals surface area contributed by atoms with Crippen molar-refractivity contribution in [3.05, 3.63) is 46.2 Å². The Hall–Kier alpha value is -3.61. The number of imide groups is 1. The minimum Gasteiger partial charge on any atom is -0.333 e. The van der Waals surface area contributed by atoms with E-state index in [2.05, 4.69) is 21.2 Å².